The molecular weight excluding hydrogens is 162 g/mol. The van der Waals surface area contributed by atoms with E-state index in [2.05, 4.69) is 4.98 Å². The first kappa shape index (κ1) is 8.38. The molecule has 0 fully saturated rings. The molecule has 64 valence electrons. The molecule has 0 aliphatic carbocycles. The van der Waals surface area contributed by atoms with E-state index in [1.807, 2.05) is 0 Å². The Labute approximate surface area is 68.0 Å². The fraction of sp³-hybridized carbons (Fsp3) is 0.333. The molecule has 0 spiro atoms. The molecule has 1 aromatic heterocycles. The summed E-state index contributed by atoms with van der Waals surface area (Å²) < 4.78 is 1.20. The molecule has 0 aliphatic heterocycles. The van der Waals surface area contributed by atoms with E-state index < -0.39 is 11.0 Å². The summed E-state index contributed by atoms with van der Waals surface area (Å²) in [6, 6.07) is -0.548. The lowest BCUT2D eigenvalue weighted by molar-refractivity contribution is -0.392. The number of rotatable bonds is 3. The number of carbonyl (C=O) groups is 1. The van der Waals surface area contributed by atoms with Crippen molar-refractivity contribution >= 4 is 12.1 Å². The lowest BCUT2D eigenvalue weighted by Gasteiger charge is -2.00. The Bertz CT molecular complexity index is 307. The van der Waals surface area contributed by atoms with E-state index >= 15 is 0 Å². The van der Waals surface area contributed by atoms with Gasteiger partial charge in [-0.3, -0.25) is 4.79 Å². The normalized spacial score (nSPS) is 12.4. The molecule has 0 saturated heterocycles. The van der Waals surface area contributed by atoms with Crippen LogP contribution < -0.4 is 0 Å². The molecule has 1 heterocycles. The first-order chi connectivity index (χ1) is 5.66. The van der Waals surface area contributed by atoms with Gasteiger partial charge in [-0.1, -0.05) is 0 Å². The number of nitrogens with zero attached hydrogens (tertiary/aromatic N) is 3. The van der Waals surface area contributed by atoms with Gasteiger partial charge < -0.3 is 10.1 Å². The van der Waals surface area contributed by atoms with Crippen LogP contribution in [0.3, 0.4) is 0 Å². The highest BCUT2D eigenvalue weighted by atomic mass is 16.6. The van der Waals surface area contributed by atoms with Gasteiger partial charge in [0.05, 0.1) is 0 Å². The third-order valence-corrected chi connectivity index (χ3v) is 1.47. The summed E-state index contributed by atoms with van der Waals surface area (Å²) in [7, 11) is 0. The highest BCUT2D eigenvalue weighted by Crippen LogP contribution is 2.14. The predicted octanol–water partition coefficient (Wildman–Crippen LogP) is 0.551. The van der Waals surface area contributed by atoms with Crippen LogP contribution in [0.1, 0.15) is 13.0 Å². The Balaban J connectivity index is 3.06. The molecule has 0 aliphatic rings. The largest absolute Gasteiger partial charge is 0.358 e. The average molecular weight is 169 g/mol. The number of aromatic nitrogens is 2. The number of aldehydes is 1. The van der Waals surface area contributed by atoms with E-state index in [4.69, 9.17) is 0 Å². The van der Waals surface area contributed by atoms with Crippen LogP contribution in [-0.4, -0.2) is 20.8 Å². The Kier molecular flexibility index (Phi) is 2.18. The van der Waals surface area contributed by atoms with E-state index in [1.54, 1.807) is 6.92 Å². The number of nitro groups is 1. The van der Waals surface area contributed by atoms with E-state index in [9.17, 15) is 14.9 Å². The van der Waals surface area contributed by atoms with Gasteiger partial charge in [-0.05, 0) is 11.8 Å². The molecule has 0 amide bonds. The van der Waals surface area contributed by atoms with Crippen molar-refractivity contribution in [2.24, 2.45) is 0 Å². The van der Waals surface area contributed by atoms with E-state index in [0.29, 0.717) is 6.29 Å². The molecule has 0 saturated carbocycles. The number of imidazole rings is 1. The van der Waals surface area contributed by atoms with Gasteiger partial charge in [0.15, 0.2) is 18.7 Å². The third kappa shape index (κ3) is 1.31. The lowest BCUT2D eigenvalue weighted by Crippen LogP contribution is -2.07. The number of hydrogen-bond donors (Lipinski definition) is 0. The van der Waals surface area contributed by atoms with Gasteiger partial charge >= 0.3 is 5.82 Å². The maximum absolute atomic E-state index is 10.3. The highest BCUT2D eigenvalue weighted by molar-refractivity contribution is 5.55. The summed E-state index contributed by atoms with van der Waals surface area (Å²) >= 11 is 0. The van der Waals surface area contributed by atoms with Crippen molar-refractivity contribution in [1.29, 1.82) is 0 Å². The number of carbonyl (C=O) groups excluding carboxylic acids is 1. The summed E-state index contributed by atoms with van der Waals surface area (Å²) in [5.74, 6) is -0.172. The van der Waals surface area contributed by atoms with Gasteiger partial charge in [0, 0.05) is 0 Å². The summed E-state index contributed by atoms with van der Waals surface area (Å²) in [5, 5.41) is 10.3. The molecule has 6 heteroatoms. The Morgan fingerprint density at radius 3 is 3.00 bits per heavy atom. The molecule has 1 aromatic rings. The van der Waals surface area contributed by atoms with Crippen molar-refractivity contribution in [2.75, 3.05) is 0 Å². The molecular formula is C6H7N3O3. The van der Waals surface area contributed by atoms with Crippen molar-refractivity contribution in [3.63, 3.8) is 0 Å². The smallest absolute Gasteiger partial charge is 0.343 e. The molecule has 0 bridgehead atoms. The zero-order valence-electron chi connectivity index (χ0n) is 6.38. The molecule has 0 radical (unpaired) electrons. The second kappa shape index (κ2) is 3.12. The summed E-state index contributed by atoms with van der Waals surface area (Å²) in [6.45, 7) is 1.56. The van der Waals surface area contributed by atoms with Gasteiger partial charge in [0.25, 0.3) is 0 Å². The van der Waals surface area contributed by atoms with E-state index in [1.165, 1.54) is 10.9 Å². The standard InChI is InChI=1S/C6H7N3O3/c1-5(3-10)8-4-7-2-6(8)9(11)12/h2-5H,1H3. The second-order valence-corrected chi connectivity index (χ2v) is 2.29. The molecule has 1 unspecified atom stereocenters. The van der Waals surface area contributed by atoms with Crippen LogP contribution in [0.5, 0.6) is 0 Å². The maximum atomic E-state index is 10.3. The molecule has 12 heavy (non-hydrogen) atoms. The van der Waals surface area contributed by atoms with Gasteiger partial charge in [0.1, 0.15) is 6.20 Å². The highest BCUT2D eigenvalue weighted by Gasteiger charge is 2.17. The van der Waals surface area contributed by atoms with Crippen molar-refractivity contribution in [3.05, 3.63) is 22.6 Å². The van der Waals surface area contributed by atoms with E-state index in [-0.39, 0.29) is 5.82 Å². The molecule has 0 N–H and O–H groups in total. The Hall–Kier alpha value is -1.72. The molecule has 1 atom stereocenters. The molecule has 1 rings (SSSR count). The Morgan fingerprint density at radius 2 is 2.50 bits per heavy atom. The fourth-order valence-electron chi connectivity index (χ4n) is 0.818. The van der Waals surface area contributed by atoms with E-state index in [0.717, 1.165) is 6.20 Å². The van der Waals surface area contributed by atoms with Crippen LogP contribution in [0.4, 0.5) is 5.82 Å². The quantitative estimate of drug-likeness (QED) is 0.376. The molecule has 6 nitrogen and oxygen atoms in total. The lowest BCUT2D eigenvalue weighted by atomic mass is 10.4. The van der Waals surface area contributed by atoms with Crippen molar-refractivity contribution in [3.8, 4) is 0 Å². The van der Waals surface area contributed by atoms with Crippen LogP contribution in [0.2, 0.25) is 0 Å². The monoisotopic (exact) mass is 169 g/mol. The SMILES string of the molecule is CC(C=O)n1cncc1[N+](=O)[O-]. The Morgan fingerprint density at radius 1 is 1.83 bits per heavy atom. The fourth-order valence-corrected chi connectivity index (χ4v) is 0.818. The van der Waals surface area contributed by atoms with Crippen LogP contribution in [0, 0.1) is 10.1 Å². The van der Waals surface area contributed by atoms with Gasteiger partial charge in [0.2, 0.25) is 0 Å². The van der Waals surface area contributed by atoms with Crippen LogP contribution in [0.25, 0.3) is 0 Å². The zero-order chi connectivity index (χ0) is 9.14. The first-order valence-electron chi connectivity index (χ1n) is 3.28. The van der Waals surface area contributed by atoms with Crippen LogP contribution >= 0.6 is 0 Å². The third-order valence-electron chi connectivity index (χ3n) is 1.47. The average Bonchev–Trinajstić information content (AvgIpc) is 2.50. The summed E-state index contributed by atoms with van der Waals surface area (Å²) in [6.07, 6.45) is 2.99. The minimum Gasteiger partial charge on any atom is -0.358 e. The van der Waals surface area contributed by atoms with Crippen LogP contribution in [-0.2, 0) is 4.79 Å². The van der Waals surface area contributed by atoms with Crippen molar-refractivity contribution < 1.29 is 9.72 Å². The van der Waals surface area contributed by atoms with Gasteiger partial charge in [-0.25, -0.2) is 9.55 Å². The summed E-state index contributed by atoms with van der Waals surface area (Å²) in [4.78, 5) is 23.6. The minimum atomic E-state index is -0.576. The topological polar surface area (TPSA) is 78.0 Å². The van der Waals surface area contributed by atoms with Gasteiger partial charge in [-0.2, -0.15) is 0 Å². The van der Waals surface area contributed by atoms with Crippen molar-refractivity contribution in [2.45, 2.75) is 13.0 Å². The molecule has 0 aromatic carbocycles. The summed E-state index contributed by atoms with van der Waals surface area (Å²) in [5.41, 5.74) is 0. The first-order valence-corrected chi connectivity index (χ1v) is 3.28. The minimum absolute atomic E-state index is 0.172. The van der Waals surface area contributed by atoms with Crippen molar-refractivity contribution in [1.82, 2.24) is 9.55 Å². The van der Waals surface area contributed by atoms with Crippen LogP contribution in [0.15, 0.2) is 12.5 Å². The number of hydrogen-bond acceptors (Lipinski definition) is 4. The maximum Gasteiger partial charge on any atom is 0.343 e. The zero-order valence-corrected chi connectivity index (χ0v) is 6.38. The predicted molar refractivity (Wildman–Crippen MR) is 39.7 cm³/mol. The van der Waals surface area contributed by atoms with Gasteiger partial charge in [-0.15, -0.1) is 0 Å². The second-order valence-electron chi connectivity index (χ2n) is 2.29.